The second kappa shape index (κ2) is 5.81. The lowest BCUT2D eigenvalue weighted by molar-refractivity contribution is 0.648. The third kappa shape index (κ3) is 2.98. The lowest BCUT2D eigenvalue weighted by Gasteiger charge is -2.12. The molecule has 1 nitrogen and oxygen atoms in total. The van der Waals surface area contributed by atoms with Crippen LogP contribution in [0.5, 0.6) is 0 Å². The number of aliphatic imine (C=N–C) groups is 1. The van der Waals surface area contributed by atoms with Crippen LogP contribution in [0, 0.1) is 12.8 Å². The van der Waals surface area contributed by atoms with Crippen LogP contribution in [-0.4, -0.2) is 6.21 Å². The van der Waals surface area contributed by atoms with E-state index in [-0.39, 0.29) is 6.04 Å². The number of hydrogen-bond donors (Lipinski definition) is 0. The Bertz CT molecular complexity index is 470. The molecule has 0 saturated carbocycles. The van der Waals surface area contributed by atoms with E-state index >= 15 is 0 Å². The lowest BCUT2D eigenvalue weighted by Crippen LogP contribution is -1.98. The molecule has 0 fully saturated rings. The summed E-state index contributed by atoms with van der Waals surface area (Å²) in [5.41, 5.74) is 4.06. The van der Waals surface area contributed by atoms with Gasteiger partial charge in [-0.25, -0.2) is 0 Å². The number of hydrogen-bond acceptors (Lipinski definition) is 1. The van der Waals surface area contributed by atoms with E-state index in [2.05, 4.69) is 49.7 Å². The zero-order chi connectivity index (χ0) is 13.0. The second-order valence-electron chi connectivity index (χ2n) is 5.07. The van der Waals surface area contributed by atoms with Gasteiger partial charge in [-0.1, -0.05) is 37.3 Å². The smallest absolute Gasteiger partial charge is 0.0936 e. The van der Waals surface area contributed by atoms with E-state index in [1.165, 1.54) is 16.7 Å². The fraction of sp³-hybridized carbons (Fsp3) is 0.353. The molecule has 1 heteroatoms. The SMILES string of the molecule is C=CC(C)CCc1ccc(C)c(C2C=CC=N2)c1. The summed E-state index contributed by atoms with van der Waals surface area (Å²) in [6.45, 7) is 8.21. The fourth-order valence-electron chi connectivity index (χ4n) is 2.21. The lowest BCUT2D eigenvalue weighted by atomic mass is 9.95. The van der Waals surface area contributed by atoms with Crippen LogP contribution in [0.25, 0.3) is 0 Å². The van der Waals surface area contributed by atoms with E-state index in [9.17, 15) is 0 Å². The molecule has 2 rings (SSSR count). The summed E-state index contributed by atoms with van der Waals surface area (Å²) in [5.74, 6) is 0.583. The maximum Gasteiger partial charge on any atom is 0.0936 e. The molecule has 0 aliphatic carbocycles. The number of rotatable bonds is 5. The molecule has 0 saturated heterocycles. The van der Waals surface area contributed by atoms with Crippen LogP contribution >= 0.6 is 0 Å². The van der Waals surface area contributed by atoms with Crippen molar-refractivity contribution in [3.63, 3.8) is 0 Å². The minimum atomic E-state index is 0.224. The second-order valence-corrected chi connectivity index (χ2v) is 5.07. The van der Waals surface area contributed by atoms with Gasteiger partial charge in [0.15, 0.2) is 0 Å². The Labute approximate surface area is 110 Å². The molecule has 2 unspecified atom stereocenters. The Morgan fingerprint density at radius 2 is 2.28 bits per heavy atom. The summed E-state index contributed by atoms with van der Waals surface area (Å²) in [7, 11) is 0. The zero-order valence-electron chi connectivity index (χ0n) is 11.3. The molecule has 94 valence electrons. The first kappa shape index (κ1) is 12.8. The van der Waals surface area contributed by atoms with Crippen molar-refractivity contribution in [2.24, 2.45) is 10.9 Å². The van der Waals surface area contributed by atoms with Gasteiger partial charge in [-0.05, 0) is 48.4 Å². The Morgan fingerprint density at radius 1 is 1.44 bits per heavy atom. The Kier molecular flexibility index (Phi) is 4.14. The predicted octanol–water partition coefficient (Wildman–Crippen LogP) is 4.43. The highest BCUT2D eigenvalue weighted by Crippen LogP contribution is 2.26. The van der Waals surface area contributed by atoms with Crippen LogP contribution in [0.15, 0.2) is 48.0 Å². The van der Waals surface area contributed by atoms with Crippen LogP contribution in [0.4, 0.5) is 0 Å². The topological polar surface area (TPSA) is 12.4 Å². The molecule has 0 radical (unpaired) electrons. The van der Waals surface area contributed by atoms with Gasteiger partial charge in [0.25, 0.3) is 0 Å². The van der Waals surface area contributed by atoms with E-state index in [0.717, 1.165) is 12.8 Å². The Hall–Kier alpha value is -1.63. The molecule has 0 spiro atoms. The maximum absolute atomic E-state index is 4.47. The monoisotopic (exact) mass is 239 g/mol. The van der Waals surface area contributed by atoms with Gasteiger partial charge in [0.1, 0.15) is 0 Å². The Balaban J connectivity index is 2.13. The predicted molar refractivity (Wildman–Crippen MR) is 79.2 cm³/mol. The summed E-state index contributed by atoms with van der Waals surface area (Å²) >= 11 is 0. The van der Waals surface area contributed by atoms with E-state index in [0.29, 0.717) is 5.92 Å². The van der Waals surface area contributed by atoms with Gasteiger partial charge in [-0.3, -0.25) is 4.99 Å². The molecule has 1 aromatic carbocycles. The first-order valence-corrected chi connectivity index (χ1v) is 6.62. The standard InChI is InChI=1S/C17H21N/c1-4-13(2)7-9-15-10-8-14(3)16(12-15)17-6-5-11-18-17/h4-6,8,10-13,17H,1,7,9H2,2-3H3. The van der Waals surface area contributed by atoms with E-state index in [1.54, 1.807) is 0 Å². The number of aryl methyl sites for hydroxylation is 2. The van der Waals surface area contributed by atoms with Crippen molar-refractivity contribution in [1.29, 1.82) is 0 Å². The van der Waals surface area contributed by atoms with E-state index in [1.807, 2.05) is 18.4 Å². The summed E-state index contributed by atoms with van der Waals surface area (Å²) in [5, 5.41) is 0. The number of benzene rings is 1. The number of nitrogens with zero attached hydrogens (tertiary/aromatic N) is 1. The molecule has 1 aromatic rings. The van der Waals surface area contributed by atoms with Gasteiger partial charge in [0.2, 0.25) is 0 Å². The molecule has 1 aliphatic heterocycles. The average Bonchev–Trinajstić information content (AvgIpc) is 2.91. The minimum absolute atomic E-state index is 0.224. The summed E-state index contributed by atoms with van der Waals surface area (Å²) < 4.78 is 0. The molecule has 0 aromatic heterocycles. The fourth-order valence-corrected chi connectivity index (χ4v) is 2.21. The molecule has 0 N–H and O–H groups in total. The normalized spacial score (nSPS) is 19.1. The molecule has 2 atom stereocenters. The van der Waals surface area contributed by atoms with Crippen molar-refractivity contribution in [2.75, 3.05) is 0 Å². The first-order valence-electron chi connectivity index (χ1n) is 6.62. The van der Waals surface area contributed by atoms with Crippen molar-refractivity contribution in [2.45, 2.75) is 32.7 Å². The average molecular weight is 239 g/mol. The van der Waals surface area contributed by atoms with E-state index < -0.39 is 0 Å². The highest BCUT2D eigenvalue weighted by molar-refractivity contribution is 5.74. The highest BCUT2D eigenvalue weighted by atomic mass is 14.8. The molecule has 1 aliphatic rings. The molecule has 18 heavy (non-hydrogen) atoms. The maximum atomic E-state index is 4.47. The van der Waals surface area contributed by atoms with Crippen LogP contribution < -0.4 is 0 Å². The van der Waals surface area contributed by atoms with Gasteiger partial charge < -0.3 is 0 Å². The third-order valence-corrected chi connectivity index (χ3v) is 3.58. The van der Waals surface area contributed by atoms with Gasteiger partial charge in [-0.2, -0.15) is 0 Å². The molecular weight excluding hydrogens is 218 g/mol. The van der Waals surface area contributed by atoms with E-state index in [4.69, 9.17) is 0 Å². The molecule has 0 bridgehead atoms. The summed E-state index contributed by atoms with van der Waals surface area (Å²) in [6.07, 6.45) is 10.4. The molecule has 1 heterocycles. The van der Waals surface area contributed by atoms with Gasteiger partial charge in [0, 0.05) is 6.21 Å². The van der Waals surface area contributed by atoms with Crippen molar-refractivity contribution in [3.05, 3.63) is 59.7 Å². The molecule has 0 amide bonds. The summed E-state index contributed by atoms with van der Waals surface area (Å²) in [4.78, 5) is 4.47. The Morgan fingerprint density at radius 3 is 2.94 bits per heavy atom. The van der Waals surface area contributed by atoms with Crippen LogP contribution in [0.3, 0.4) is 0 Å². The zero-order valence-corrected chi connectivity index (χ0v) is 11.3. The minimum Gasteiger partial charge on any atom is -0.281 e. The van der Waals surface area contributed by atoms with Crippen molar-refractivity contribution >= 4 is 6.21 Å². The van der Waals surface area contributed by atoms with Gasteiger partial charge >= 0.3 is 0 Å². The van der Waals surface area contributed by atoms with Gasteiger partial charge in [0.05, 0.1) is 6.04 Å². The molecular formula is C17H21N. The van der Waals surface area contributed by atoms with Crippen molar-refractivity contribution < 1.29 is 0 Å². The third-order valence-electron chi connectivity index (χ3n) is 3.58. The van der Waals surface area contributed by atoms with Crippen molar-refractivity contribution in [3.8, 4) is 0 Å². The van der Waals surface area contributed by atoms with Crippen molar-refractivity contribution in [1.82, 2.24) is 0 Å². The first-order chi connectivity index (χ1) is 8.70. The number of allylic oxidation sites excluding steroid dienone is 2. The van der Waals surface area contributed by atoms with Crippen LogP contribution in [0.1, 0.15) is 36.1 Å². The highest BCUT2D eigenvalue weighted by Gasteiger charge is 2.11. The quantitative estimate of drug-likeness (QED) is 0.674. The largest absolute Gasteiger partial charge is 0.281 e. The van der Waals surface area contributed by atoms with Crippen LogP contribution in [0.2, 0.25) is 0 Å². The summed E-state index contributed by atoms with van der Waals surface area (Å²) in [6, 6.07) is 6.98. The van der Waals surface area contributed by atoms with Gasteiger partial charge in [-0.15, -0.1) is 6.58 Å². The van der Waals surface area contributed by atoms with Crippen LogP contribution in [-0.2, 0) is 6.42 Å².